The molecule has 0 fully saturated rings. The van der Waals surface area contributed by atoms with Crippen LogP contribution in [0.3, 0.4) is 0 Å². The van der Waals surface area contributed by atoms with Crippen LogP contribution in [-0.2, 0) is 6.18 Å². The molecule has 110 valence electrons. The number of hydrogen-bond donors (Lipinski definition) is 0. The van der Waals surface area contributed by atoms with Crippen LogP contribution in [0.5, 0.6) is 0 Å². The van der Waals surface area contributed by atoms with Gasteiger partial charge in [-0.25, -0.2) is 4.39 Å². The van der Waals surface area contributed by atoms with Gasteiger partial charge in [-0.2, -0.15) is 13.2 Å². The van der Waals surface area contributed by atoms with E-state index in [2.05, 4.69) is 31.9 Å². The van der Waals surface area contributed by atoms with Crippen molar-refractivity contribution in [3.05, 3.63) is 67.9 Å². The zero-order valence-corrected chi connectivity index (χ0v) is 13.3. The van der Waals surface area contributed by atoms with Crippen LogP contribution in [0.15, 0.2) is 45.3 Å². The highest BCUT2D eigenvalue weighted by Crippen LogP contribution is 2.32. The Bertz CT molecular complexity index is 690. The Morgan fingerprint density at radius 3 is 1.95 bits per heavy atom. The van der Waals surface area contributed by atoms with Crippen molar-refractivity contribution in [2.24, 2.45) is 0 Å². The third-order valence-electron chi connectivity index (χ3n) is 2.66. The smallest absolute Gasteiger partial charge is 0.289 e. The summed E-state index contributed by atoms with van der Waals surface area (Å²) in [7, 11) is 0. The molecule has 0 heterocycles. The first-order chi connectivity index (χ1) is 9.68. The van der Waals surface area contributed by atoms with Crippen LogP contribution in [0.25, 0.3) is 0 Å². The van der Waals surface area contributed by atoms with Crippen molar-refractivity contribution >= 4 is 37.6 Å². The molecule has 0 aliphatic rings. The third kappa shape index (κ3) is 3.71. The molecule has 2 aromatic carbocycles. The van der Waals surface area contributed by atoms with Crippen molar-refractivity contribution < 1.29 is 22.4 Å². The fourth-order valence-electron chi connectivity index (χ4n) is 1.74. The molecule has 1 nitrogen and oxygen atoms in total. The van der Waals surface area contributed by atoms with Crippen LogP contribution in [0.4, 0.5) is 17.6 Å². The first-order valence-electron chi connectivity index (χ1n) is 5.56. The molecular weight excluding hydrogens is 420 g/mol. The predicted molar refractivity (Wildman–Crippen MR) is 76.7 cm³/mol. The van der Waals surface area contributed by atoms with Gasteiger partial charge in [-0.05, 0) is 30.3 Å². The van der Waals surface area contributed by atoms with Gasteiger partial charge >= 0.3 is 6.18 Å². The molecule has 0 N–H and O–H groups in total. The Kier molecular flexibility index (Phi) is 4.53. The highest BCUT2D eigenvalue weighted by Gasteiger charge is 2.34. The minimum Gasteiger partial charge on any atom is -0.289 e. The van der Waals surface area contributed by atoms with Crippen molar-refractivity contribution in [1.82, 2.24) is 0 Å². The van der Waals surface area contributed by atoms with Crippen molar-refractivity contribution in [3.8, 4) is 0 Å². The summed E-state index contributed by atoms with van der Waals surface area (Å²) in [4.78, 5) is 12.2. The van der Waals surface area contributed by atoms with Crippen molar-refractivity contribution in [2.75, 3.05) is 0 Å². The normalized spacial score (nSPS) is 11.5. The maximum absolute atomic E-state index is 13.5. The first-order valence-corrected chi connectivity index (χ1v) is 7.14. The summed E-state index contributed by atoms with van der Waals surface area (Å²) < 4.78 is 52.1. The van der Waals surface area contributed by atoms with Gasteiger partial charge < -0.3 is 0 Å². The zero-order valence-electron chi connectivity index (χ0n) is 10.1. The van der Waals surface area contributed by atoms with Gasteiger partial charge in [0.2, 0.25) is 0 Å². The van der Waals surface area contributed by atoms with E-state index >= 15 is 0 Å². The van der Waals surface area contributed by atoms with Crippen LogP contribution in [0.1, 0.15) is 21.5 Å². The summed E-state index contributed by atoms with van der Waals surface area (Å²) in [6, 6.07) is 6.83. The zero-order chi connectivity index (χ0) is 15.8. The largest absolute Gasteiger partial charge is 0.419 e. The summed E-state index contributed by atoms with van der Waals surface area (Å²) >= 11 is 6.40. The summed E-state index contributed by atoms with van der Waals surface area (Å²) in [6.07, 6.45) is -4.79. The minimum atomic E-state index is -4.79. The third-order valence-corrected chi connectivity index (χ3v) is 3.58. The van der Waals surface area contributed by atoms with Gasteiger partial charge in [0, 0.05) is 20.1 Å². The summed E-state index contributed by atoms with van der Waals surface area (Å²) in [5, 5.41) is 0. The first kappa shape index (κ1) is 16.2. The fourth-order valence-corrected chi connectivity index (χ4v) is 3.03. The lowest BCUT2D eigenvalue weighted by Gasteiger charge is -2.09. The average molecular weight is 426 g/mol. The average Bonchev–Trinajstić information content (AvgIpc) is 2.35. The molecule has 0 unspecified atom stereocenters. The molecule has 0 bridgehead atoms. The van der Waals surface area contributed by atoms with E-state index in [1.807, 2.05) is 0 Å². The van der Waals surface area contributed by atoms with Crippen LogP contribution in [-0.4, -0.2) is 5.78 Å². The second kappa shape index (κ2) is 5.88. The quantitative estimate of drug-likeness (QED) is 0.452. The Morgan fingerprint density at radius 2 is 1.48 bits per heavy atom. The number of hydrogen-bond acceptors (Lipinski definition) is 1. The molecule has 0 amide bonds. The van der Waals surface area contributed by atoms with Crippen molar-refractivity contribution in [2.45, 2.75) is 6.18 Å². The lowest BCUT2D eigenvalue weighted by atomic mass is 10.0. The molecule has 0 saturated carbocycles. The number of alkyl halides is 3. The van der Waals surface area contributed by atoms with E-state index in [-0.39, 0.29) is 11.1 Å². The van der Waals surface area contributed by atoms with Gasteiger partial charge in [-0.3, -0.25) is 4.79 Å². The molecule has 2 rings (SSSR count). The lowest BCUT2D eigenvalue weighted by Crippen LogP contribution is -2.10. The molecule has 0 aromatic heterocycles. The Morgan fingerprint density at radius 1 is 0.905 bits per heavy atom. The van der Waals surface area contributed by atoms with E-state index in [9.17, 15) is 22.4 Å². The van der Waals surface area contributed by atoms with Crippen LogP contribution in [0.2, 0.25) is 0 Å². The maximum Gasteiger partial charge on any atom is 0.419 e. The number of carbonyl (C=O) groups excluding carboxylic acids is 1. The van der Waals surface area contributed by atoms with E-state index in [1.165, 1.54) is 12.1 Å². The fraction of sp³-hybridized carbons (Fsp3) is 0.0714. The van der Waals surface area contributed by atoms with Crippen LogP contribution >= 0.6 is 31.9 Å². The number of carbonyl (C=O) groups is 1. The molecule has 0 radical (unpaired) electrons. The molecule has 7 heteroatoms. The summed E-state index contributed by atoms with van der Waals surface area (Å²) in [6.45, 7) is 0. The van der Waals surface area contributed by atoms with Gasteiger partial charge in [0.25, 0.3) is 0 Å². The molecule has 0 saturated heterocycles. The van der Waals surface area contributed by atoms with E-state index in [1.54, 1.807) is 6.07 Å². The second-order valence-electron chi connectivity index (χ2n) is 4.18. The van der Waals surface area contributed by atoms with E-state index in [4.69, 9.17) is 0 Å². The Labute approximate surface area is 134 Å². The number of rotatable bonds is 2. The summed E-state index contributed by atoms with van der Waals surface area (Å²) in [5.74, 6) is -2.04. The molecule has 0 atom stereocenters. The second-order valence-corrected chi connectivity index (χ2v) is 6.01. The standard InChI is InChI=1S/C14H6Br2F4O/c15-9-3-8(4-10(16)6-9)13(21)7-1-2-11(12(17)5-7)14(18,19)20/h1-6H. The highest BCUT2D eigenvalue weighted by atomic mass is 79.9. The van der Waals surface area contributed by atoms with E-state index in [0.29, 0.717) is 21.1 Å². The van der Waals surface area contributed by atoms with Gasteiger partial charge in [0.1, 0.15) is 5.82 Å². The predicted octanol–water partition coefficient (Wildman–Crippen LogP) is 5.60. The molecule has 0 spiro atoms. The molecule has 0 aliphatic heterocycles. The molecule has 21 heavy (non-hydrogen) atoms. The van der Waals surface area contributed by atoms with Gasteiger partial charge in [-0.1, -0.05) is 37.9 Å². The highest BCUT2D eigenvalue weighted by molar-refractivity contribution is 9.11. The molecular formula is C14H6Br2F4O. The van der Waals surface area contributed by atoms with Crippen molar-refractivity contribution in [1.29, 1.82) is 0 Å². The van der Waals surface area contributed by atoms with Gasteiger partial charge in [0.05, 0.1) is 5.56 Å². The van der Waals surface area contributed by atoms with Gasteiger partial charge in [0.15, 0.2) is 5.78 Å². The van der Waals surface area contributed by atoms with Crippen LogP contribution in [0, 0.1) is 5.82 Å². The summed E-state index contributed by atoms with van der Waals surface area (Å²) in [5.41, 5.74) is -1.31. The Balaban J connectivity index is 2.43. The number of halogens is 6. The SMILES string of the molecule is O=C(c1cc(Br)cc(Br)c1)c1ccc(C(F)(F)F)c(F)c1. The van der Waals surface area contributed by atoms with E-state index in [0.717, 1.165) is 6.07 Å². The maximum atomic E-state index is 13.5. The van der Waals surface area contributed by atoms with Gasteiger partial charge in [-0.15, -0.1) is 0 Å². The Hall–Kier alpha value is -1.21. The molecule has 2 aromatic rings. The minimum absolute atomic E-state index is 0.148. The number of ketones is 1. The molecule has 0 aliphatic carbocycles. The lowest BCUT2D eigenvalue weighted by molar-refractivity contribution is -0.140. The monoisotopic (exact) mass is 424 g/mol. The van der Waals surface area contributed by atoms with Crippen LogP contribution < -0.4 is 0 Å². The van der Waals surface area contributed by atoms with Crippen molar-refractivity contribution in [3.63, 3.8) is 0 Å². The topological polar surface area (TPSA) is 17.1 Å². The van der Waals surface area contributed by atoms with E-state index < -0.39 is 23.3 Å². The number of benzene rings is 2.